The number of carbonyl (C=O) groups is 1. The van der Waals surface area contributed by atoms with Gasteiger partial charge in [-0.05, 0) is 61.0 Å². The summed E-state index contributed by atoms with van der Waals surface area (Å²) >= 11 is 17.9. The van der Waals surface area contributed by atoms with Gasteiger partial charge in [0.25, 0.3) is 10.0 Å². The standard InChI is InChI=1S/C22H18Cl3FN2O4S/c1-13-3-6-20(32-2)21(7-13)33(30,31)28(17-9-14(23)8-15(24)10-17)12-22(29)27-16-4-5-19(26)18(25)11-16/h3-11H,12H2,1-2H3,(H,27,29). The Kier molecular flexibility index (Phi) is 7.74. The summed E-state index contributed by atoms with van der Waals surface area (Å²) in [7, 11) is -2.97. The number of halogens is 4. The lowest BCUT2D eigenvalue weighted by Gasteiger charge is -2.25. The van der Waals surface area contributed by atoms with Crippen molar-refractivity contribution in [2.75, 3.05) is 23.3 Å². The molecular formula is C22H18Cl3FN2O4S. The quantitative estimate of drug-likeness (QED) is 0.410. The maximum Gasteiger partial charge on any atom is 0.268 e. The Bertz CT molecular complexity index is 1300. The summed E-state index contributed by atoms with van der Waals surface area (Å²) < 4.78 is 46.9. The third kappa shape index (κ3) is 5.89. The first kappa shape index (κ1) is 25.1. The fourth-order valence-corrected chi connectivity index (χ4v) is 5.35. The number of ether oxygens (including phenoxy) is 1. The highest BCUT2D eigenvalue weighted by Crippen LogP contribution is 2.33. The molecule has 0 spiro atoms. The van der Waals surface area contributed by atoms with Crippen molar-refractivity contribution < 1.29 is 22.3 Å². The van der Waals surface area contributed by atoms with Crippen LogP contribution in [0.3, 0.4) is 0 Å². The van der Waals surface area contributed by atoms with Gasteiger partial charge in [0.05, 0.1) is 17.8 Å². The van der Waals surface area contributed by atoms with E-state index in [-0.39, 0.29) is 37.1 Å². The molecule has 0 aromatic heterocycles. The van der Waals surface area contributed by atoms with Gasteiger partial charge in [-0.25, -0.2) is 12.8 Å². The van der Waals surface area contributed by atoms with Crippen LogP contribution in [0.25, 0.3) is 0 Å². The average Bonchev–Trinajstić information content (AvgIpc) is 2.73. The van der Waals surface area contributed by atoms with Gasteiger partial charge >= 0.3 is 0 Å². The second-order valence-electron chi connectivity index (χ2n) is 6.97. The van der Waals surface area contributed by atoms with E-state index in [2.05, 4.69) is 5.32 Å². The second-order valence-corrected chi connectivity index (χ2v) is 10.1. The minimum Gasteiger partial charge on any atom is -0.495 e. The minimum absolute atomic E-state index is 0.0725. The van der Waals surface area contributed by atoms with Crippen LogP contribution in [0.1, 0.15) is 5.56 Å². The molecule has 0 heterocycles. The molecule has 0 aliphatic carbocycles. The first-order valence-electron chi connectivity index (χ1n) is 9.39. The van der Waals surface area contributed by atoms with Gasteiger partial charge in [-0.1, -0.05) is 40.9 Å². The monoisotopic (exact) mass is 530 g/mol. The van der Waals surface area contributed by atoms with Crippen LogP contribution in [0.5, 0.6) is 5.75 Å². The van der Waals surface area contributed by atoms with Crippen molar-refractivity contribution in [2.45, 2.75) is 11.8 Å². The number of sulfonamides is 1. The molecule has 0 unspecified atom stereocenters. The van der Waals surface area contributed by atoms with Crippen LogP contribution in [0.2, 0.25) is 15.1 Å². The second kappa shape index (κ2) is 10.2. The lowest BCUT2D eigenvalue weighted by Crippen LogP contribution is -2.38. The highest BCUT2D eigenvalue weighted by atomic mass is 35.5. The Morgan fingerprint density at radius 1 is 1.03 bits per heavy atom. The van der Waals surface area contributed by atoms with Crippen molar-refractivity contribution in [3.8, 4) is 5.75 Å². The van der Waals surface area contributed by atoms with Crippen molar-refractivity contribution >= 4 is 62.1 Å². The largest absolute Gasteiger partial charge is 0.495 e. The number of benzene rings is 3. The van der Waals surface area contributed by atoms with Crippen molar-refractivity contribution in [1.82, 2.24) is 0 Å². The SMILES string of the molecule is COc1ccc(C)cc1S(=O)(=O)N(CC(=O)Nc1ccc(F)c(Cl)c1)c1cc(Cl)cc(Cl)c1. The molecule has 174 valence electrons. The summed E-state index contributed by atoms with van der Waals surface area (Å²) in [6, 6.07) is 12.4. The van der Waals surface area contributed by atoms with E-state index in [0.717, 1.165) is 10.4 Å². The number of hydrogen-bond acceptors (Lipinski definition) is 4. The predicted molar refractivity (Wildman–Crippen MR) is 129 cm³/mol. The molecule has 0 aliphatic heterocycles. The highest BCUT2D eigenvalue weighted by molar-refractivity contribution is 7.93. The number of hydrogen-bond donors (Lipinski definition) is 1. The first-order chi connectivity index (χ1) is 15.5. The first-order valence-corrected chi connectivity index (χ1v) is 12.0. The molecule has 3 aromatic carbocycles. The zero-order chi connectivity index (χ0) is 24.3. The topological polar surface area (TPSA) is 75.7 Å². The lowest BCUT2D eigenvalue weighted by molar-refractivity contribution is -0.114. The zero-order valence-electron chi connectivity index (χ0n) is 17.4. The summed E-state index contributed by atoms with van der Waals surface area (Å²) in [6.07, 6.45) is 0. The third-order valence-electron chi connectivity index (χ3n) is 4.51. The van der Waals surface area contributed by atoms with E-state index in [1.54, 1.807) is 13.0 Å². The van der Waals surface area contributed by atoms with Crippen LogP contribution in [-0.2, 0) is 14.8 Å². The van der Waals surface area contributed by atoms with Gasteiger partial charge in [-0.2, -0.15) is 0 Å². The lowest BCUT2D eigenvalue weighted by atomic mass is 10.2. The number of carbonyl (C=O) groups excluding carboxylic acids is 1. The normalized spacial score (nSPS) is 11.2. The molecule has 0 saturated heterocycles. The number of aryl methyl sites for hydroxylation is 1. The van der Waals surface area contributed by atoms with E-state index in [1.807, 2.05) is 0 Å². The summed E-state index contributed by atoms with van der Waals surface area (Å²) in [5.74, 6) is -1.26. The van der Waals surface area contributed by atoms with Gasteiger partial charge in [0, 0.05) is 15.7 Å². The van der Waals surface area contributed by atoms with Crippen molar-refractivity contribution in [1.29, 1.82) is 0 Å². The smallest absolute Gasteiger partial charge is 0.268 e. The number of rotatable bonds is 7. The third-order valence-corrected chi connectivity index (χ3v) is 7.03. The molecule has 33 heavy (non-hydrogen) atoms. The zero-order valence-corrected chi connectivity index (χ0v) is 20.5. The Morgan fingerprint density at radius 3 is 2.30 bits per heavy atom. The Labute approximate surface area is 205 Å². The maximum absolute atomic E-state index is 13.7. The van der Waals surface area contributed by atoms with Crippen LogP contribution in [-0.4, -0.2) is 28.0 Å². The number of anilines is 2. The summed E-state index contributed by atoms with van der Waals surface area (Å²) in [4.78, 5) is 12.7. The van der Waals surface area contributed by atoms with E-state index in [9.17, 15) is 17.6 Å². The predicted octanol–water partition coefficient (Wildman–Crippen LogP) is 5.94. The van der Waals surface area contributed by atoms with Gasteiger partial charge in [0.2, 0.25) is 5.91 Å². The van der Waals surface area contributed by atoms with Gasteiger partial charge < -0.3 is 10.1 Å². The van der Waals surface area contributed by atoms with Crippen LogP contribution in [0.4, 0.5) is 15.8 Å². The van der Waals surface area contributed by atoms with E-state index in [4.69, 9.17) is 39.5 Å². The summed E-state index contributed by atoms with van der Waals surface area (Å²) in [5, 5.41) is 2.68. The molecule has 0 atom stereocenters. The molecule has 1 amide bonds. The van der Waals surface area contributed by atoms with Gasteiger partial charge in [0.1, 0.15) is 23.0 Å². The van der Waals surface area contributed by atoms with E-state index >= 15 is 0 Å². The molecule has 3 rings (SSSR count). The molecule has 3 aromatic rings. The number of methoxy groups -OCH3 is 1. The van der Waals surface area contributed by atoms with Gasteiger partial charge in [-0.15, -0.1) is 0 Å². The number of nitrogens with one attached hydrogen (secondary N) is 1. The molecular weight excluding hydrogens is 514 g/mol. The van der Waals surface area contributed by atoms with Crippen LogP contribution in [0, 0.1) is 12.7 Å². The molecule has 0 bridgehead atoms. The average molecular weight is 532 g/mol. The van der Waals surface area contributed by atoms with Crippen molar-refractivity contribution in [3.05, 3.63) is 81.0 Å². The summed E-state index contributed by atoms with van der Waals surface area (Å²) in [5.41, 5.74) is 0.938. The van der Waals surface area contributed by atoms with Crippen molar-refractivity contribution in [3.63, 3.8) is 0 Å². The molecule has 0 aliphatic rings. The molecule has 0 radical (unpaired) electrons. The Balaban J connectivity index is 2.05. The van der Waals surface area contributed by atoms with Crippen LogP contribution in [0.15, 0.2) is 59.5 Å². The maximum atomic E-state index is 13.7. The van der Waals surface area contributed by atoms with Crippen molar-refractivity contribution in [2.24, 2.45) is 0 Å². The number of amides is 1. The minimum atomic E-state index is -4.31. The summed E-state index contributed by atoms with van der Waals surface area (Å²) in [6.45, 7) is 1.09. The van der Waals surface area contributed by atoms with Gasteiger partial charge in [-0.3, -0.25) is 9.10 Å². The van der Waals surface area contributed by atoms with E-state index in [1.165, 1.54) is 49.6 Å². The van der Waals surface area contributed by atoms with Crippen LogP contribution < -0.4 is 14.4 Å². The molecule has 11 heteroatoms. The molecule has 1 N–H and O–H groups in total. The molecule has 6 nitrogen and oxygen atoms in total. The van der Waals surface area contributed by atoms with E-state index < -0.39 is 28.3 Å². The highest BCUT2D eigenvalue weighted by Gasteiger charge is 2.31. The van der Waals surface area contributed by atoms with E-state index in [0.29, 0.717) is 5.56 Å². The van der Waals surface area contributed by atoms with Crippen LogP contribution >= 0.6 is 34.8 Å². The van der Waals surface area contributed by atoms with Gasteiger partial charge in [0.15, 0.2) is 0 Å². The fraction of sp³-hybridized carbons (Fsp3) is 0.136. The fourth-order valence-electron chi connectivity index (χ4n) is 3.01. The molecule has 0 fully saturated rings. The Hall–Kier alpha value is -2.52. The Morgan fingerprint density at radius 2 is 1.70 bits per heavy atom. The number of nitrogens with zero attached hydrogens (tertiary/aromatic N) is 1. The molecule has 0 saturated carbocycles.